The van der Waals surface area contributed by atoms with Crippen LogP contribution in [0.25, 0.3) is 10.6 Å². The van der Waals surface area contributed by atoms with Gasteiger partial charge in [-0.1, -0.05) is 23.8 Å². The molecule has 0 N–H and O–H groups in total. The molecule has 0 radical (unpaired) electrons. The Morgan fingerprint density at radius 3 is 2.64 bits per heavy atom. The summed E-state index contributed by atoms with van der Waals surface area (Å²) in [5, 5.41) is 1.05. The van der Waals surface area contributed by atoms with Gasteiger partial charge < -0.3 is 0 Å². The Bertz CT molecular complexity index is 441. The zero-order valence-electron chi connectivity index (χ0n) is 8.11. The fourth-order valence-electron chi connectivity index (χ4n) is 1.29. The van der Waals surface area contributed by atoms with Gasteiger partial charge >= 0.3 is 0 Å². The van der Waals surface area contributed by atoms with E-state index in [1.54, 1.807) is 11.3 Å². The standard InChI is InChI=1S/C11H11NS2/c1-7-4-3-5-9(6-7)10-12-8(2)11(13)14-10/h3-6,13H,1-2H3. The highest BCUT2D eigenvalue weighted by molar-refractivity contribution is 7.83. The summed E-state index contributed by atoms with van der Waals surface area (Å²) in [6, 6.07) is 8.37. The van der Waals surface area contributed by atoms with Crippen molar-refractivity contribution in [1.29, 1.82) is 0 Å². The van der Waals surface area contributed by atoms with E-state index >= 15 is 0 Å². The molecule has 3 heteroatoms. The van der Waals surface area contributed by atoms with Gasteiger partial charge in [0.05, 0.1) is 9.90 Å². The van der Waals surface area contributed by atoms with Gasteiger partial charge in [-0.15, -0.1) is 24.0 Å². The Labute approximate surface area is 93.2 Å². The van der Waals surface area contributed by atoms with Gasteiger partial charge in [-0.25, -0.2) is 4.98 Å². The zero-order chi connectivity index (χ0) is 10.1. The molecule has 0 bridgehead atoms. The molecule has 0 aliphatic carbocycles. The van der Waals surface area contributed by atoms with Crippen LogP contribution in [0.5, 0.6) is 0 Å². The maximum atomic E-state index is 4.46. The fourth-order valence-corrected chi connectivity index (χ4v) is 2.40. The van der Waals surface area contributed by atoms with E-state index in [2.05, 4.69) is 48.8 Å². The van der Waals surface area contributed by atoms with Crippen molar-refractivity contribution >= 4 is 24.0 Å². The van der Waals surface area contributed by atoms with Crippen LogP contribution in [0.2, 0.25) is 0 Å². The van der Waals surface area contributed by atoms with Crippen LogP contribution in [0.1, 0.15) is 11.3 Å². The van der Waals surface area contributed by atoms with Gasteiger partial charge in [0.15, 0.2) is 0 Å². The molecule has 1 aromatic heterocycles. The molecule has 0 aliphatic rings. The van der Waals surface area contributed by atoms with Crippen molar-refractivity contribution in [3.05, 3.63) is 35.5 Å². The third-order valence-corrected chi connectivity index (χ3v) is 3.64. The Kier molecular flexibility index (Phi) is 2.61. The van der Waals surface area contributed by atoms with Gasteiger partial charge in [-0.3, -0.25) is 0 Å². The fraction of sp³-hybridized carbons (Fsp3) is 0.182. The zero-order valence-corrected chi connectivity index (χ0v) is 9.82. The number of rotatable bonds is 1. The molecular formula is C11H11NS2. The summed E-state index contributed by atoms with van der Waals surface area (Å²) in [6.07, 6.45) is 0. The molecule has 0 saturated heterocycles. The summed E-state index contributed by atoms with van der Waals surface area (Å²) in [6.45, 7) is 4.07. The molecular weight excluding hydrogens is 210 g/mol. The second kappa shape index (κ2) is 3.75. The number of hydrogen-bond donors (Lipinski definition) is 1. The van der Waals surface area contributed by atoms with Gasteiger partial charge in [-0.2, -0.15) is 0 Å². The van der Waals surface area contributed by atoms with Crippen molar-refractivity contribution in [2.75, 3.05) is 0 Å². The summed E-state index contributed by atoms with van der Waals surface area (Å²) < 4.78 is 1.00. The summed E-state index contributed by atoms with van der Waals surface area (Å²) in [5.41, 5.74) is 3.45. The highest BCUT2D eigenvalue weighted by atomic mass is 32.2. The molecule has 14 heavy (non-hydrogen) atoms. The maximum absolute atomic E-state index is 4.46. The van der Waals surface area contributed by atoms with Crippen LogP contribution in [-0.2, 0) is 0 Å². The third-order valence-electron chi connectivity index (χ3n) is 2.04. The first kappa shape index (κ1) is 9.74. The number of thiazole rings is 1. The lowest BCUT2D eigenvalue weighted by atomic mass is 10.1. The molecule has 1 aromatic carbocycles. The van der Waals surface area contributed by atoms with Crippen molar-refractivity contribution in [1.82, 2.24) is 4.98 Å². The Hall–Kier alpha value is -0.800. The van der Waals surface area contributed by atoms with Gasteiger partial charge in [0.25, 0.3) is 0 Å². The van der Waals surface area contributed by atoms with E-state index in [1.807, 2.05) is 6.92 Å². The van der Waals surface area contributed by atoms with E-state index < -0.39 is 0 Å². The minimum Gasteiger partial charge on any atom is -0.240 e. The van der Waals surface area contributed by atoms with Crippen molar-refractivity contribution < 1.29 is 0 Å². The minimum atomic E-state index is 1.00. The highest BCUT2D eigenvalue weighted by Crippen LogP contribution is 2.30. The van der Waals surface area contributed by atoms with Crippen molar-refractivity contribution in [2.24, 2.45) is 0 Å². The number of nitrogens with zero attached hydrogens (tertiary/aromatic N) is 1. The van der Waals surface area contributed by atoms with Gasteiger partial charge in [-0.05, 0) is 19.9 Å². The van der Waals surface area contributed by atoms with E-state index in [0.717, 1.165) is 14.9 Å². The topological polar surface area (TPSA) is 12.9 Å². The Morgan fingerprint density at radius 2 is 2.07 bits per heavy atom. The van der Waals surface area contributed by atoms with E-state index in [-0.39, 0.29) is 0 Å². The predicted molar refractivity (Wildman–Crippen MR) is 64.3 cm³/mol. The summed E-state index contributed by atoms with van der Waals surface area (Å²) >= 11 is 5.98. The number of aromatic nitrogens is 1. The normalized spacial score (nSPS) is 10.5. The lowest BCUT2D eigenvalue weighted by molar-refractivity contribution is 1.21. The average molecular weight is 221 g/mol. The molecule has 0 atom stereocenters. The molecule has 0 amide bonds. The van der Waals surface area contributed by atoms with Crippen LogP contribution in [-0.4, -0.2) is 4.98 Å². The SMILES string of the molecule is Cc1cccc(-c2nc(C)c(S)s2)c1. The van der Waals surface area contributed by atoms with Crippen molar-refractivity contribution in [3.8, 4) is 10.6 Å². The predicted octanol–water partition coefficient (Wildman–Crippen LogP) is 3.72. The molecule has 2 rings (SSSR count). The lowest BCUT2D eigenvalue weighted by Gasteiger charge is -1.96. The van der Waals surface area contributed by atoms with Gasteiger partial charge in [0, 0.05) is 5.56 Å². The molecule has 0 fully saturated rings. The van der Waals surface area contributed by atoms with Gasteiger partial charge in [0.2, 0.25) is 0 Å². The Morgan fingerprint density at radius 1 is 1.29 bits per heavy atom. The van der Waals surface area contributed by atoms with Gasteiger partial charge in [0.1, 0.15) is 5.01 Å². The molecule has 72 valence electrons. The molecule has 2 aromatic rings. The smallest absolute Gasteiger partial charge is 0.124 e. The molecule has 1 nitrogen and oxygen atoms in total. The van der Waals surface area contributed by atoms with E-state index in [1.165, 1.54) is 11.1 Å². The number of thiol groups is 1. The number of hydrogen-bond acceptors (Lipinski definition) is 3. The first-order chi connectivity index (χ1) is 6.66. The average Bonchev–Trinajstić information content (AvgIpc) is 2.47. The first-order valence-electron chi connectivity index (χ1n) is 4.40. The second-order valence-corrected chi connectivity index (χ2v) is 5.03. The molecule has 0 spiro atoms. The van der Waals surface area contributed by atoms with Crippen LogP contribution in [0.3, 0.4) is 0 Å². The first-order valence-corrected chi connectivity index (χ1v) is 5.66. The summed E-state index contributed by atoms with van der Waals surface area (Å²) in [4.78, 5) is 4.46. The molecule has 1 heterocycles. The highest BCUT2D eigenvalue weighted by Gasteiger charge is 2.06. The van der Waals surface area contributed by atoms with Crippen LogP contribution in [0.4, 0.5) is 0 Å². The minimum absolute atomic E-state index is 1.00. The second-order valence-electron chi connectivity index (χ2n) is 3.28. The van der Waals surface area contributed by atoms with E-state index in [0.29, 0.717) is 0 Å². The van der Waals surface area contributed by atoms with Crippen LogP contribution in [0, 0.1) is 13.8 Å². The largest absolute Gasteiger partial charge is 0.240 e. The van der Waals surface area contributed by atoms with E-state index in [4.69, 9.17) is 0 Å². The summed E-state index contributed by atoms with van der Waals surface area (Å²) in [7, 11) is 0. The number of benzene rings is 1. The van der Waals surface area contributed by atoms with Crippen LogP contribution < -0.4 is 0 Å². The van der Waals surface area contributed by atoms with E-state index in [9.17, 15) is 0 Å². The summed E-state index contributed by atoms with van der Waals surface area (Å²) in [5.74, 6) is 0. The molecule has 0 saturated carbocycles. The van der Waals surface area contributed by atoms with Crippen LogP contribution in [0.15, 0.2) is 28.5 Å². The molecule has 0 aliphatic heterocycles. The Balaban J connectivity index is 2.49. The number of aryl methyl sites for hydroxylation is 2. The van der Waals surface area contributed by atoms with Crippen molar-refractivity contribution in [3.63, 3.8) is 0 Å². The quantitative estimate of drug-likeness (QED) is 0.724. The van der Waals surface area contributed by atoms with Crippen LogP contribution >= 0.6 is 24.0 Å². The maximum Gasteiger partial charge on any atom is 0.124 e. The van der Waals surface area contributed by atoms with Crippen molar-refractivity contribution in [2.45, 2.75) is 18.1 Å². The molecule has 0 unspecified atom stereocenters. The lowest BCUT2D eigenvalue weighted by Crippen LogP contribution is -1.78. The monoisotopic (exact) mass is 221 g/mol. The third kappa shape index (κ3) is 1.83.